The normalized spacial score (nSPS) is 12.1. The molecule has 8 heteroatoms. The van der Waals surface area contributed by atoms with Crippen LogP contribution in [0.15, 0.2) is 42.6 Å². The van der Waals surface area contributed by atoms with Crippen molar-refractivity contribution in [1.82, 2.24) is 19.7 Å². The van der Waals surface area contributed by atoms with Gasteiger partial charge in [-0.3, -0.25) is 0 Å². The monoisotopic (exact) mass is 350 g/mol. The molecule has 0 aliphatic heterocycles. The average Bonchev–Trinajstić information content (AvgIpc) is 2.93. The number of likely N-dealkylation sites (N-methyl/N-ethyl adjacent to an activating group) is 1. The van der Waals surface area contributed by atoms with Crippen LogP contribution >= 0.6 is 0 Å². The third-order valence-electron chi connectivity index (χ3n) is 3.60. The molecule has 3 rings (SSSR count). The van der Waals surface area contributed by atoms with Crippen molar-refractivity contribution in [3.05, 3.63) is 48.2 Å². The Labute approximate surface area is 142 Å². The van der Waals surface area contributed by atoms with Crippen molar-refractivity contribution in [1.29, 1.82) is 0 Å². The van der Waals surface area contributed by atoms with Crippen LogP contribution in [0, 0.1) is 0 Å². The van der Waals surface area contributed by atoms with Gasteiger partial charge in [0.25, 0.3) is 0 Å². The van der Waals surface area contributed by atoms with Gasteiger partial charge in [0.2, 0.25) is 5.88 Å². The van der Waals surface area contributed by atoms with Crippen LogP contribution in [0.4, 0.5) is 13.2 Å². The van der Waals surface area contributed by atoms with Crippen LogP contribution in [0.3, 0.4) is 0 Å². The van der Waals surface area contributed by atoms with Gasteiger partial charge in [-0.1, -0.05) is 6.07 Å². The molecule has 25 heavy (non-hydrogen) atoms. The molecule has 0 unspecified atom stereocenters. The predicted molar refractivity (Wildman–Crippen MR) is 87.9 cm³/mol. The number of benzene rings is 1. The van der Waals surface area contributed by atoms with Crippen LogP contribution in [0.2, 0.25) is 0 Å². The maximum atomic E-state index is 13.0. The number of halogens is 3. The number of alkyl halides is 3. The summed E-state index contributed by atoms with van der Waals surface area (Å²) in [5.74, 6) is 0.349. The largest absolute Gasteiger partial charge is 0.475 e. The molecule has 3 aromatic rings. The Hall–Kier alpha value is -2.61. The third kappa shape index (κ3) is 3.74. The highest BCUT2D eigenvalue weighted by atomic mass is 19.4. The van der Waals surface area contributed by atoms with E-state index in [9.17, 15) is 13.2 Å². The summed E-state index contributed by atoms with van der Waals surface area (Å²) in [6.45, 7) is 1.11. The zero-order valence-corrected chi connectivity index (χ0v) is 13.8. The molecular formula is C17H17F3N4O. The number of fused-ring (bicyclic) bond motifs is 1. The molecule has 0 fully saturated rings. The lowest BCUT2D eigenvalue weighted by Crippen LogP contribution is -2.19. The Bertz CT molecular complexity index is 874. The molecule has 2 aromatic heterocycles. The summed E-state index contributed by atoms with van der Waals surface area (Å²) in [6.07, 6.45) is -2.85. The molecule has 0 saturated carbocycles. The van der Waals surface area contributed by atoms with Gasteiger partial charge < -0.3 is 9.64 Å². The standard InChI is InChI=1S/C17H17F3N4O/c1-23(2)9-10-25-16-14-7-4-8-21-15(14)24(22-16)13-6-3-5-12(11-13)17(18,19)20/h3-8,11H,9-10H2,1-2H3. The molecule has 0 aliphatic carbocycles. The number of aromatic nitrogens is 3. The van der Waals surface area contributed by atoms with E-state index in [0.717, 1.165) is 12.1 Å². The van der Waals surface area contributed by atoms with Gasteiger partial charge in [-0.25, -0.2) is 9.67 Å². The summed E-state index contributed by atoms with van der Waals surface area (Å²) in [5.41, 5.74) is -0.0117. The first-order valence-electron chi connectivity index (χ1n) is 7.65. The summed E-state index contributed by atoms with van der Waals surface area (Å²) in [4.78, 5) is 6.20. The Morgan fingerprint density at radius 3 is 2.68 bits per heavy atom. The van der Waals surface area contributed by atoms with E-state index in [1.54, 1.807) is 24.4 Å². The molecule has 132 valence electrons. The summed E-state index contributed by atoms with van der Waals surface area (Å²) >= 11 is 0. The number of hydrogen-bond acceptors (Lipinski definition) is 4. The van der Waals surface area contributed by atoms with Crippen molar-refractivity contribution in [2.75, 3.05) is 27.2 Å². The van der Waals surface area contributed by atoms with Gasteiger partial charge in [-0.2, -0.15) is 13.2 Å². The van der Waals surface area contributed by atoms with E-state index in [0.29, 0.717) is 30.1 Å². The number of rotatable bonds is 5. The van der Waals surface area contributed by atoms with Gasteiger partial charge in [-0.05, 0) is 44.4 Å². The highest BCUT2D eigenvalue weighted by molar-refractivity contribution is 5.82. The van der Waals surface area contributed by atoms with Crippen molar-refractivity contribution in [3.8, 4) is 11.6 Å². The van der Waals surface area contributed by atoms with Crippen molar-refractivity contribution in [2.45, 2.75) is 6.18 Å². The highest BCUT2D eigenvalue weighted by Crippen LogP contribution is 2.32. The summed E-state index contributed by atoms with van der Waals surface area (Å²) in [6, 6.07) is 8.49. The van der Waals surface area contributed by atoms with E-state index >= 15 is 0 Å². The van der Waals surface area contributed by atoms with Crippen LogP contribution in [0.25, 0.3) is 16.7 Å². The fourth-order valence-electron chi connectivity index (χ4n) is 2.35. The molecule has 2 heterocycles. The summed E-state index contributed by atoms with van der Waals surface area (Å²) in [5, 5.41) is 4.98. The van der Waals surface area contributed by atoms with Crippen molar-refractivity contribution in [2.24, 2.45) is 0 Å². The summed E-state index contributed by atoms with van der Waals surface area (Å²) in [7, 11) is 3.84. The molecule has 0 radical (unpaired) electrons. The third-order valence-corrected chi connectivity index (χ3v) is 3.60. The average molecular weight is 350 g/mol. The topological polar surface area (TPSA) is 43.2 Å². The zero-order valence-electron chi connectivity index (χ0n) is 13.8. The Morgan fingerprint density at radius 2 is 1.96 bits per heavy atom. The van der Waals surface area contributed by atoms with E-state index in [2.05, 4.69) is 10.1 Å². The Balaban J connectivity index is 2.02. The lowest BCUT2D eigenvalue weighted by atomic mass is 10.2. The van der Waals surface area contributed by atoms with Crippen LogP contribution < -0.4 is 4.74 Å². The van der Waals surface area contributed by atoms with Gasteiger partial charge in [0, 0.05) is 12.7 Å². The molecule has 1 aromatic carbocycles. The maximum Gasteiger partial charge on any atom is 0.416 e. The summed E-state index contributed by atoms with van der Waals surface area (Å²) < 4.78 is 46.0. The molecule has 0 amide bonds. The Kier molecular flexibility index (Phi) is 4.63. The Morgan fingerprint density at radius 1 is 1.16 bits per heavy atom. The molecular weight excluding hydrogens is 333 g/mol. The quantitative estimate of drug-likeness (QED) is 0.708. The lowest BCUT2D eigenvalue weighted by molar-refractivity contribution is -0.137. The van der Waals surface area contributed by atoms with Crippen molar-refractivity contribution in [3.63, 3.8) is 0 Å². The highest BCUT2D eigenvalue weighted by Gasteiger charge is 2.30. The lowest BCUT2D eigenvalue weighted by Gasteiger charge is -2.09. The molecule has 0 aliphatic rings. The fraction of sp³-hybridized carbons (Fsp3) is 0.294. The molecule has 0 bridgehead atoms. The first kappa shape index (κ1) is 17.2. The predicted octanol–water partition coefficient (Wildman–Crippen LogP) is 3.38. The second-order valence-corrected chi connectivity index (χ2v) is 5.79. The SMILES string of the molecule is CN(C)CCOc1nn(-c2cccc(C(F)(F)F)c2)c2ncccc12. The second kappa shape index (κ2) is 6.72. The van der Waals surface area contributed by atoms with E-state index in [4.69, 9.17) is 4.74 Å². The van der Waals surface area contributed by atoms with Crippen LogP contribution in [0.5, 0.6) is 5.88 Å². The van der Waals surface area contributed by atoms with E-state index in [-0.39, 0.29) is 5.69 Å². The molecule has 0 N–H and O–H groups in total. The first-order valence-corrected chi connectivity index (χ1v) is 7.65. The number of ether oxygens (including phenoxy) is 1. The molecule has 0 spiro atoms. The van der Waals surface area contributed by atoms with Crippen LogP contribution in [0.1, 0.15) is 5.56 Å². The molecule has 0 saturated heterocycles. The minimum atomic E-state index is -4.42. The minimum Gasteiger partial charge on any atom is -0.475 e. The number of hydrogen-bond donors (Lipinski definition) is 0. The second-order valence-electron chi connectivity index (χ2n) is 5.79. The van der Waals surface area contributed by atoms with E-state index in [1.165, 1.54) is 10.7 Å². The van der Waals surface area contributed by atoms with E-state index in [1.807, 2.05) is 19.0 Å². The molecule has 5 nitrogen and oxygen atoms in total. The van der Waals surface area contributed by atoms with E-state index < -0.39 is 11.7 Å². The van der Waals surface area contributed by atoms with Gasteiger partial charge in [-0.15, -0.1) is 5.10 Å². The maximum absolute atomic E-state index is 13.0. The first-order chi connectivity index (χ1) is 11.9. The van der Waals surface area contributed by atoms with Gasteiger partial charge in [0.1, 0.15) is 6.61 Å². The molecule has 0 atom stereocenters. The zero-order chi connectivity index (χ0) is 18.0. The van der Waals surface area contributed by atoms with Crippen LogP contribution in [-0.4, -0.2) is 46.9 Å². The smallest absolute Gasteiger partial charge is 0.416 e. The van der Waals surface area contributed by atoms with Crippen molar-refractivity contribution >= 4 is 11.0 Å². The van der Waals surface area contributed by atoms with Gasteiger partial charge in [0.05, 0.1) is 16.6 Å². The van der Waals surface area contributed by atoms with Gasteiger partial charge in [0.15, 0.2) is 5.65 Å². The number of nitrogens with zero attached hydrogens (tertiary/aromatic N) is 4. The minimum absolute atomic E-state index is 0.279. The number of pyridine rings is 1. The van der Waals surface area contributed by atoms with Gasteiger partial charge >= 0.3 is 6.18 Å². The van der Waals surface area contributed by atoms with Crippen LogP contribution in [-0.2, 0) is 6.18 Å². The fourth-order valence-corrected chi connectivity index (χ4v) is 2.35. The van der Waals surface area contributed by atoms with Crippen molar-refractivity contribution < 1.29 is 17.9 Å².